The fourth-order valence-corrected chi connectivity index (χ4v) is 6.61. The van der Waals surface area contributed by atoms with Crippen molar-refractivity contribution >= 4 is 35.4 Å². The van der Waals surface area contributed by atoms with Gasteiger partial charge in [-0.1, -0.05) is 24.3 Å². The summed E-state index contributed by atoms with van der Waals surface area (Å²) in [6.45, 7) is 2.83. The number of hydrogen-bond acceptors (Lipinski definition) is 7. The number of carbonyl (C=O) groups is 5. The Morgan fingerprint density at radius 1 is 0.810 bits per heavy atom. The summed E-state index contributed by atoms with van der Waals surface area (Å²) in [5, 5.41) is 2.35. The zero-order valence-electron chi connectivity index (χ0n) is 22.9. The zero-order valence-corrected chi connectivity index (χ0v) is 22.9. The molecular formula is C32H29N5O5. The van der Waals surface area contributed by atoms with Crippen molar-refractivity contribution in [2.45, 2.75) is 50.7 Å². The van der Waals surface area contributed by atoms with Crippen LogP contribution in [0.25, 0.3) is 0 Å². The van der Waals surface area contributed by atoms with Gasteiger partial charge in [0.1, 0.15) is 11.9 Å². The second kappa shape index (κ2) is 10.3. The van der Waals surface area contributed by atoms with E-state index in [-0.39, 0.29) is 30.0 Å². The average molecular weight is 564 g/mol. The van der Waals surface area contributed by atoms with Crippen LogP contribution in [0.2, 0.25) is 0 Å². The summed E-state index contributed by atoms with van der Waals surface area (Å²) in [7, 11) is 0. The van der Waals surface area contributed by atoms with Gasteiger partial charge in [-0.3, -0.25) is 34.2 Å². The van der Waals surface area contributed by atoms with Crippen LogP contribution in [0.1, 0.15) is 79.4 Å². The van der Waals surface area contributed by atoms with Gasteiger partial charge in [0.2, 0.25) is 11.8 Å². The highest BCUT2D eigenvalue weighted by Crippen LogP contribution is 2.34. The van der Waals surface area contributed by atoms with Crippen molar-refractivity contribution in [3.63, 3.8) is 0 Å². The minimum Gasteiger partial charge on any atom is -0.322 e. The zero-order chi connectivity index (χ0) is 29.0. The van der Waals surface area contributed by atoms with E-state index in [4.69, 9.17) is 0 Å². The molecule has 1 atom stereocenters. The number of carbonyl (C=O) groups excluding carboxylic acids is 5. The molecule has 4 aliphatic rings. The largest absolute Gasteiger partial charge is 0.322 e. The monoisotopic (exact) mass is 563 g/mol. The van der Waals surface area contributed by atoms with E-state index in [0.29, 0.717) is 47.9 Å². The lowest BCUT2D eigenvalue weighted by Crippen LogP contribution is -2.52. The van der Waals surface area contributed by atoms with Crippen molar-refractivity contribution in [3.8, 4) is 0 Å². The molecule has 3 aromatic rings. The number of anilines is 1. The lowest BCUT2D eigenvalue weighted by atomic mass is 9.87. The van der Waals surface area contributed by atoms with Gasteiger partial charge < -0.3 is 4.90 Å². The van der Waals surface area contributed by atoms with Crippen LogP contribution in [0.15, 0.2) is 60.8 Å². The second-order valence-electron chi connectivity index (χ2n) is 11.4. The quantitative estimate of drug-likeness (QED) is 0.474. The first-order chi connectivity index (χ1) is 20.4. The van der Waals surface area contributed by atoms with Crippen LogP contribution in [0.5, 0.6) is 0 Å². The standard InChI is InChI=1S/C32H29N5O5/c38-28-9-8-26(29(39)34-28)36-18-22-16-21(5-7-23(22)30(36)40)20-10-13-35(14-11-20)17-19-4-6-24-25(15-19)32(42)37(31(24)41)27-3-1-2-12-33-27/h1-7,12,15-16,20,26H,8-11,13-14,17-18H2,(H,34,38,39). The first-order valence-corrected chi connectivity index (χ1v) is 14.3. The number of fused-ring (bicyclic) bond motifs is 2. The number of aromatic nitrogens is 1. The highest BCUT2D eigenvalue weighted by atomic mass is 16.2. The Balaban J connectivity index is 0.987. The topological polar surface area (TPSA) is 120 Å². The van der Waals surface area contributed by atoms with Gasteiger partial charge in [0.25, 0.3) is 17.7 Å². The number of benzene rings is 2. The first kappa shape index (κ1) is 26.2. The molecule has 1 unspecified atom stereocenters. The lowest BCUT2D eigenvalue weighted by Gasteiger charge is -2.32. The Labute approximate surface area is 242 Å². The van der Waals surface area contributed by atoms with E-state index in [9.17, 15) is 24.0 Å². The van der Waals surface area contributed by atoms with Crippen molar-refractivity contribution < 1.29 is 24.0 Å². The summed E-state index contributed by atoms with van der Waals surface area (Å²) in [6, 6.07) is 16.0. The summed E-state index contributed by atoms with van der Waals surface area (Å²) >= 11 is 0. The normalized spacial score (nSPS) is 21.1. The molecule has 1 aromatic heterocycles. The van der Waals surface area contributed by atoms with Gasteiger partial charge in [0.15, 0.2) is 0 Å². The van der Waals surface area contributed by atoms with Gasteiger partial charge in [-0.2, -0.15) is 0 Å². The number of pyridine rings is 1. The van der Waals surface area contributed by atoms with Gasteiger partial charge in [0, 0.05) is 31.3 Å². The summed E-state index contributed by atoms with van der Waals surface area (Å²) in [5.41, 5.74) is 4.56. The molecule has 1 N–H and O–H groups in total. The number of imide groups is 2. The molecule has 2 saturated heterocycles. The SMILES string of the molecule is O=C1CCC(N2Cc3cc(C4CCN(Cc5ccc6c(c5)C(=O)N(c5ccccn5)C6=O)CC4)ccc3C2=O)C(=O)N1. The van der Waals surface area contributed by atoms with Crippen molar-refractivity contribution in [2.24, 2.45) is 0 Å². The molecule has 0 saturated carbocycles. The van der Waals surface area contributed by atoms with Crippen LogP contribution in [0.3, 0.4) is 0 Å². The van der Waals surface area contributed by atoms with Gasteiger partial charge in [-0.15, -0.1) is 0 Å². The van der Waals surface area contributed by atoms with Crippen LogP contribution in [0, 0.1) is 0 Å². The van der Waals surface area contributed by atoms with Crippen LogP contribution < -0.4 is 10.2 Å². The highest BCUT2D eigenvalue weighted by Gasteiger charge is 2.40. The van der Waals surface area contributed by atoms with Crippen LogP contribution in [-0.2, 0) is 22.7 Å². The summed E-state index contributed by atoms with van der Waals surface area (Å²) in [4.78, 5) is 72.2. The number of nitrogens with zero attached hydrogens (tertiary/aromatic N) is 4. The van der Waals surface area contributed by atoms with E-state index < -0.39 is 11.9 Å². The number of amides is 5. The van der Waals surface area contributed by atoms with Crippen molar-refractivity contribution in [1.29, 1.82) is 0 Å². The lowest BCUT2D eigenvalue weighted by molar-refractivity contribution is -0.136. The summed E-state index contributed by atoms with van der Waals surface area (Å²) < 4.78 is 0. The predicted molar refractivity (Wildman–Crippen MR) is 152 cm³/mol. The molecule has 212 valence electrons. The predicted octanol–water partition coefficient (Wildman–Crippen LogP) is 3.02. The van der Waals surface area contributed by atoms with Crippen LogP contribution in [-0.4, -0.2) is 63.5 Å². The van der Waals surface area contributed by atoms with Crippen LogP contribution >= 0.6 is 0 Å². The molecule has 10 heteroatoms. The number of rotatable bonds is 5. The van der Waals surface area contributed by atoms with E-state index in [2.05, 4.69) is 21.3 Å². The Morgan fingerprint density at radius 2 is 1.60 bits per heavy atom. The first-order valence-electron chi connectivity index (χ1n) is 14.3. The van der Waals surface area contributed by atoms with E-state index >= 15 is 0 Å². The van der Waals surface area contributed by atoms with Gasteiger partial charge in [-0.05, 0) is 85.3 Å². The Hall–Kier alpha value is -4.70. The summed E-state index contributed by atoms with van der Waals surface area (Å²) in [5.74, 6) is -0.855. The smallest absolute Gasteiger partial charge is 0.267 e. The maximum atomic E-state index is 13.1. The third kappa shape index (κ3) is 4.48. The fraction of sp³-hybridized carbons (Fsp3) is 0.312. The van der Waals surface area contributed by atoms with Gasteiger partial charge in [0.05, 0.1) is 11.1 Å². The molecule has 0 bridgehead atoms. The van der Waals surface area contributed by atoms with Crippen LogP contribution in [0.4, 0.5) is 5.82 Å². The average Bonchev–Trinajstić information content (AvgIpc) is 3.45. The van der Waals surface area contributed by atoms with E-state index in [1.807, 2.05) is 24.3 Å². The number of piperidine rings is 2. The minimum absolute atomic E-state index is 0.154. The van der Waals surface area contributed by atoms with E-state index in [1.165, 1.54) is 5.56 Å². The molecule has 2 fully saturated rings. The summed E-state index contributed by atoms with van der Waals surface area (Å²) in [6.07, 6.45) is 4.07. The molecule has 0 spiro atoms. The molecule has 5 heterocycles. The molecule has 42 heavy (non-hydrogen) atoms. The van der Waals surface area contributed by atoms with Crippen molar-refractivity contribution in [3.05, 3.63) is 94.2 Å². The van der Waals surface area contributed by atoms with Gasteiger partial charge >= 0.3 is 0 Å². The fourth-order valence-electron chi connectivity index (χ4n) is 6.61. The molecule has 10 nitrogen and oxygen atoms in total. The van der Waals surface area contributed by atoms with Gasteiger partial charge in [-0.25, -0.2) is 9.88 Å². The Bertz CT molecular complexity index is 1650. The number of likely N-dealkylation sites (tertiary alicyclic amines) is 1. The molecule has 4 aliphatic heterocycles. The molecular weight excluding hydrogens is 534 g/mol. The van der Waals surface area contributed by atoms with E-state index in [1.54, 1.807) is 35.4 Å². The third-order valence-corrected chi connectivity index (χ3v) is 8.84. The number of nitrogens with one attached hydrogen (secondary N) is 1. The van der Waals surface area contributed by atoms with E-state index in [0.717, 1.165) is 42.0 Å². The maximum absolute atomic E-state index is 13.1. The van der Waals surface area contributed by atoms with Crippen molar-refractivity contribution in [2.75, 3.05) is 18.0 Å². The molecule has 2 aromatic carbocycles. The molecule has 7 rings (SSSR count). The number of hydrogen-bond donors (Lipinski definition) is 1. The Morgan fingerprint density at radius 3 is 2.36 bits per heavy atom. The molecule has 0 radical (unpaired) electrons. The van der Waals surface area contributed by atoms with Crippen molar-refractivity contribution in [1.82, 2.24) is 20.1 Å². The Kier molecular flexibility index (Phi) is 6.42. The highest BCUT2D eigenvalue weighted by molar-refractivity contribution is 6.34. The molecule has 0 aliphatic carbocycles. The second-order valence-corrected chi connectivity index (χ2v) is 11.4. The maximum Gasteiger partial charge on any atom is 0.267 e. The minimum atomic E-state index is -0.611. The third-order valence-electron chi connectivity index (χ3n) is 8.84. The molecule has 5 amide bonds.